The molecule has 1 aliphatic heterocycles. The first-order chi connectivity index (χ1) is 9.20. The van der Waals surface area contributed by atoms with Crippen molar-refractivity contribution in [2.75, 3.05) is 19.8 Å². The molecule has 1 unspecified atom stereocenters. The van der Waals surface area contributed by atoms with E-state index in [-0.39, 0.29) is 11.9 Å². The Hall–Kier alpha value is -1.20. The Kier molecular flexibility index (Phi) is 5.10. The molecule has 0 bridgehead atoms. The Morgan fingerprint density at radius 1 is 1.37 bits per heavy atom. The van der Waals surface area contributed by atoms with Gasteiger partial charge in [0.05, 0.1) is 6.61 Å². The van der Waals surface area contributed by atoms with E-state index >= 15 is 0 Å². The predicted molar refractivity (Wildman–Crippen MR) is 68.2 cm³/mol. The van der Waals surface area contributed by atoms with Gasteiger partial charge in [-0.3, -0.25) is 0 Å². The third-order valence-corrected chi connectivity index (χ3v) is 3.04. The molecular weight excluding hydrogens is 252 g/mol. The second kappa shape index (κ2) is 6.82. The molecule has 1 N–H and O–H groups in total. The first-order valence-electron chi connectivity index (χ1n) is 6.63. The van der Waals surface area contributed by atoms with Crippen molar-refractivity contribution in [3.63, 3.8) is 0 Å². The normalized spacial score (nSPS) is 19.4. The van der Waals surface area contributed by atoms with Gasteiger partial charge in [-0.25, -0.2) is 8.78 Å². The molecule has 1 fully saturated rings. The molecule has 5 heteroatoms. The fourth-order valence-electron chi connectivity index (χ4n) is 2.07. The highest BCUT2D eigenvalue weighted by molar-refractivity contribution is 5.31. The smallest absolute Gasteiger partial charge is 0.191 e. The highest BCUT2D eigenvalue weighted by Crippen LogP contribution is 2.26. The minimum absolute atomic E-state index is 0.266. The summed E-state index contributed by atoms with van der Waals surface area (Å²) in [4.78, 5) is 0. The van der Waals surface area contributed by atoms with Crippen LogP contribution in [0.4, 0.5) is 8.78 Å². The third-order valence-electron chi connectivity index (χ3n) is 3.04. The number of hydrogen-bond acceptors (Lipinski definition) is 3. The molecule has 1 aromatic carbocycles. The molecule has 0 spiro atoms. The lowest BCUT2D eigenvalue weighted by Crippen LogP contribution is -2.28. The maximum absolute atomic E-state index is 13.9. The molecule has 3 nitrogen and oxygen atoms in total. The summed E-state index contributed by atoms with van der Waals surface area (Å²) in [6.07, 6.45) is 1.35. The number of hydrogen-bond donors (Lipinski definition) is 1. The van der Waals surface area contributed by atoms with Crippen molar-refractivity contribution >= 4 is 0 Å². The van der Waals surface area contributed by atoms with Crippen molar-refractivity contribution < 1.29 is 18.3 Å². The number of nitrogens with one attached hydrogen (secondary N) is 1. The van der Waals surface area contributed by atoms with E-state index in [9.17, 15) is 8.78 Å². The lowest BCUT2D eigenvalue weighted by atomic mass is 10.1. The highest BCUT2D eigenvalue weighted by atomic mass is 19.1. The lowest BCUT2D eigenvalue weighted by molar-refractivity contribution is 0.00418. The zero-order valence-electron chi connectivity index (χ0n) is 11.0. The first-order valence-corrected chi connectivity index (χ1v) is 6.63. The van der Waals surface area contributed by atoms with Crippen LogP contribution < -0.4 is 10.1 Å². The van der Waals surface area contributed by atoms with Gasteiger partial charge in [-0.05, 0) is 37.1 Å². The van der Waals surface area contributed by atoms with Crippen LogP contribution in [0.15, 0.2) is 12.1 Å². The van der Waals surface area contributed by atoms with Crippen LogP contribution in [0.25, 0.3) is 0 Å². The molecule has 0 aromatic heterocycles. The predicted octanol–water partition coefficient (Wildman–Crippen LogP) is 2.63. The van der Waals surface area contributed by atoms with Crippen LogP contribution in [0.5, 0.6) is 5.75 Å². The summed E-state index contributed by atoms with van der Waals surface area (Å²) in [5.41, 5.74) is 0.573. The van der Waals surface area contributed by atoms with E-state index in [0.29, 0.717) is 25.3 Å². The van der Waals surface area contributed by atoms with Gasteiger partial charge in [0.15, 0.2) is 17.4 Å². The van der Waals surface area contributed by atoms with Gasteiger partial charge in [-0.15, -0.1) is 0 Å². The van der Waals surface area contributed by atoms with Gasteiger partial charge in [0, 0.05) is 13.2 Å². The summed E-state index contributed by atoms with van der Waals surface area (Å²) in [6.45, 7) is 4.20. The SMILES string of the molecule is CCNCc1cc(F)c(OC2CCCOC2)c(F)c1. The Morgan fingerprint density at radius 3 is 2.68 bits per heavy atom. The van der Waals surface area contributed by atoms with Crippen LogP contribution in [0.1, 0.15) is 25.3 Å². The summed E-state index contributed by atoms with van der Waals surface area (Å²) >= 11 is 0. The van der Waals surface area contributed by atoms with Crippen molar-refractivity contribution in [2.45, 2.75) is 32.4 Å². The molecule has 1 aromatic rings. The molecule has 0 aliphatic carbocycles. The van der Waals surface area contributed by atoms with E-state index in [1.807, 2.05) is 6.92 Å². The van der Waals surface area contributed by atoms with Gasteiger partial charge in [0.2, 0.25) is 0 Å². The Labute approximate surface area is 111 Å². The van der Waals surface area contributed by atoms with E-state index < -0.39 is 11.6 Å². The first kappa shape index (κ1) is 14.2. The third kappa shape index (κ3) is 3.88. The quantitative estimate of drug-likeness (QED) is 0.893. The van der Waals surface area contributed by atoms with E-state index in [4.69, 9.17) is 9.47 Å². The Morgan fingerprint density at radius 2 is 2.11 bits per heavy atom. The fraction of sp³-hybridized carbons (Fsp3) is 0.571. The average Bonchev–Trinajstić information content (AvgIpc) is 2.42. The molecule has 0 amide bonds. The molecule has 0 radical (unpaired) electrons. The van der Waals surface area contributed by atoms with Gasteiger partial charge in [-0.1, -0.05) is 6.92 Å². The topological polar surface area (TPSA) is 30.5 Å². The second-order valence-corrected chi connectivity index (χ2v) is 4.63. The van der Waals surface area contributed by atoms with E-state index in [0.717, 1.165) is 19.4 Å². The number of rotatable bonds is 5. The molecule has 19 heavy (non-hydrogen) atoms. The van der Waals surface area contributed by atoms with Crippen LogP contribution in [0.2, 0.25) is 0 Å². The Balaban J connectivity index is 2.07. The monoisotopic (exact) mass is 271 g/mol. The second-order valence-electron chi connectivity index (χ2n) is 4.63. The molecule has 0 saturated carbocycles. The molecule has 1 saturated heterocycles. The zero-order valence-corrected chi connectivity index (χ0v) is 11.0. The summed E-state index contributed by atoms with van der Waals surface area (Å²) < 4.78 is 38.3. The largest absolute Gasteiger partial charge is 0.482 e. The molecule has 1 heterocycles. The maximum atomic E-state index is 13.9. The standard InChI is InChI=1S/C14H19F2NO2/c1-2-17-8-10-6-12(15)14(13(16)7-10)19-11-4-3-5-18-9-11/h6-7,11,17H,2-5,8-9H2,1H3. The van der Waals surface area contributed by atoms with Crippen molar-refractivity contribution in [2.24, 2.45) is 0 Å². The summed E-state index contributed by atoms with van der Waals surface area (Å²) in [5, 5.41) is 3.03. The number of ether oxygens (including phenoxy) is 2. The van der Waals surface area contributed by atoms with E-state index in [2.05, 4.69) is 5.32 Å². The summed E-state index contributed by atoms with van der Waals surface area (Å²) in [7, 11) is 0. The molecule has 2 rings (SSSR count). The van der Waals surface area contributed by atoms with Gasteiger partial charge in [0.25, 0.3) is 0 Å². The van der Waals surface area contributed by atoms with Crippen molar-refractivity contribution in [1.82, 2.24) is 5.32 Å². The molecular formula is C14H19F2NO2. The Bertz CT molecular complexity index is 397. The van der Waals surface area contributed by atoms with Crippen molar-refractivity contribution in [3.05, 3.63) is 29.3 Å². The van der Waals surface area contributed by atoms with Crippen LogP contribution in [0.3, 0.4) is 0 Å². The minimum Gasteiger partial charge on any atom is -0.482 e. The van der Waals surface area contributed by atoms with Crippen molar-refractivity contribution in [3.8, 4) is 5.75 Å². The van der Waals surface area contributed by atoms with Crippen LogP contribution in [0, 0.1) is 11.6 Å². The zero-order chi connectivity index (χ0) is 13.7. The minimum atomic E-state index is -0.654. The average molecular weight is 271 g/mol. The van der Waals surface area contributed by atoms with Gasteiger partial charge in [0.1, 0.15) is 6.10 Å². The summed E-state index contributed by atoms with van der Waals surface area (Å²) in [6, 6.07) is 2.62. The van der Waals surface area contributed by atoms with Gasteiger partial charge >= 0.3 is 0 Å². The number of halogens is 2. The van der Waals surface area contributed by atoms with Crippen LogP contribution in [-0.4, -0.2) is 25.9 Å². The lowest BCUT2D eigenvalue weighted by Gasteiger charge is -2.23. The van der Waals surface area contributed by atoms with Crippen LogP contribution in [-0.2, 0) is 11.3 Å². The maximum Gasteiger partial charge on any atom is 0.191 e. The van der Waals surface area contributed by atoms with Gasteiger partial charge in [-0.2, -0.15) is 0 Å². The fourth-order valence-corrected chi connectivity index (χ4v) is 2.07. The van der Waals surface area contributed by atoms with E-state index in [1.165, 1.54) is 12.1 Å². The molecule has 1 aliphatic rings. The van der Waals surface area contributed by atoms with Crippen molar-refractivity contribution in [1.29, 1.82) is 0 Å². The number of benzene rings is 1. The highest BCUT2D eigenvalue weighted by Gasteiger charge is 2.20. The van der Waals surface area contributed by atoms with E-state index in [1.54, 1.807) is 0 Å². The van der Waals surface area contributed by atoms with Gasteiger partial charge < -0.3 is 14.8 Å². The summed E-state index contributed by atoms with van der Waals surface area (Å²) in [5.74, 6) is -1.60. The molecule has 106 valence electrons. The molecule has 1 atom stereocenters. The van der Waals surface area contributed by atoms with Crippen LogP contribution >= 0.6 is 0 Å².